The Bertz CT molecular complexity index is 370. The minimum atomic E-state index is 0.280. The standard InChI is InChI=1S/C12H17ClN2O/c1-9-5-11(6-13)7-14-12(9)15-3-4-16-10(2)8-15/h5,7,10H,3-4,6,8H2,1-2H3. The number of halogens is 1. The van der Waals surface area contributed by atoms with Gasteiger partial charge in [-0.05, 0) is 31.0 Å². The molecule has 1 atom stereocenters. The van der Waals surface area contributed by atoms with Crippen LogP contribution in [0.4, 0.5) is 5.82 Å². The molecular formula is C12H17ClN2O. The van der Waals surface area contributed by atoms with Crippen LogP contribution in [-0.4, -0.2) is 30.8 Å². The minimum Gasteiger partial charge on any atom is -0.375 e. The van der Waals surface area contributed by atoms with Gasteiger partial charge in [0.2, 0.25) is 0 Å². The topological polar surface area (TPSA) is 25.4 Å². The number of aromatic nitrogens is 1. The van der Waals surface area contributed by atoms with Crippen LogP contribution in [0.5, 0.6) is 0 Å². The Hall–Kier alpha value is -0.800. The van der Waals surface area contributed by atoms with E-state index in [2.05, 4.69) is 29.8 Å². The molecule has 88 valence electrons. The van der Waals surface area contributed by atoms with Crippen LogP contribution in [0.2, 0.25) is 0 Å². The number of hydrogen-bond donors (Lipinski definition) is 0. The van der Waals surface area contributed by atoms with Crippen molar-refractivity contribution in [3.8, 4) is 0 Å². The highest BCUT2D eigenvalue weighted by molar-refractivity contribution is 6.17. The number of anilines is 1. The Balaban J connectivity index is 2.19. The maximum atomic E-state index is 5.79. The quantitative estimate of drug-likeness (QED) is 0.742. The van der Waals surface area contributed by atoms with E-state index >= 15 is 0 Å². The Morgan fingerprint density at radius 2 is 2.44 bits per heavy atom. The van der Waals surface area contributed by atoms with Crippen LogP contribution in [0, 0.1) is 6.92 Å². The summed E-state index contributed by atoms with van der Waals surface area (Å²) in [6.07, 6.45) is 2.14. The summed E-state index contributed by atoms with van der Waals surface area (Å²) >= 11 is 5.79. The molecule has 1 fully saturated rings. The monoisotopic (exact) mass is 240 g/mol. The van der Waals surface area contributed by atoms with Crippen molar-refractivity contribution in [3.05, 3.63) is 23.4 Å². The highest BCUT2D eigenvalue weighted by Gasteiger charge is 2.19. The van der Waals surface area contributed by atoms with Gasteiger partial charge in [0.05, 0.1) is 12.7 Å². The lowest BCUT2D eigenvalue weighted by Crippen LogP contribution is -2.41. The lowest BCUT2D eigenvalue weighted by molar-refractivity contribution is 0.0529. The number of morpholine rings is 1. The Morgan fingerprint density at radius 3 is 3.06 bits per heavy atom. The predicted octanol–water partition coefficient (Wildman–Crippen LogP) is 2.35. The number of hydrogen-bond acceptors (Lipinski definition) is 3. The molecule has 0 aliphatic carbocycles. The zero-order valence-corrected chi connectivity index (χ0v) is 10.5. The van der Waals surface area contributed by atoms with Gasteiger partial charge in [0, 0.05) is 25.2 Å². The maximum absolute atomic E-state index is 5.79. The molecule has 2 rings (SSSR count). The van der Waals surface area contributed by atoms with Crippen molar-refractivity contribution in [2.45, 2.75) is 25.8 Å². The van der Waals surface area contributed by atoms with Gasteiger partial charge in [-0.2, -0.15) is 0 Å². The van der Waals surface area contributed by atoms with E-state index in [9.17, 15) is 0 Å². The van der Waals surface area contributed by atoms with Crippen LogP contribution in [-0.2, 0) is 10.6 Å². The molecule has 0 spiro atoms. The van der Waals surface area contributed by atoms with Gasteiger partial charge in [-0.15, -0.1) is 11.6 Å². The Labute approximate surface area is 101 Å². The van der Waals surface area contributed by atoms with Crippen molar-refractivity contribution in [3.63, 3.8) is 0 Å². The molecule has 4 heteroatoms. The van der Waals surface area contributed by atoms with Crippen molar-refractivity contribution >= 4 is 17.4 Å². The van der Waals surface area contributed by atoms with Crippen LogP contribution >= 0.6 is 11.6 Å². The van der Waals surface area contributed by atoms with E-state index in [-0.39, 0.29) is 6.10 Å². The lowest BCUT2D eigenvalue weighted by Gasteiger charge is -2.33. The fourth-order valence-electron chi connectivity index (χ4n) is 2.04. The molecule has 16 heavy (non-hydrogen) atoms. The van der Waals surface area contributed by atoms with Gasteiger partial charge in [-0.25, -0.2) is 4.98 Å². The summed E-state index contributed by atoms with van der Waals surface area (Å²) in [6, 6.07) is 2.11. The zero-order chi connectivity index (χ0) is 11.5. The molecule has 1 saturated heterocycles. The molecule has 1 aliphatic rings. The summed E-state index contributed by atoms with van der Waals surface area (Å²) in [6.45, 7) is 6.78. The zero-order valence-electron chi connectivity index (χ0n) is 9.74. The average molecular weight is 241 g/mol. The van der Waals surface area contributed by atoms with E-state index in [4.69, 9.17) is 16.3 Å². The first-order chi connectivity index (χ1) is 7.70. The SMILES string of the molecule is Cc1cc(CCl)cnc1N1CCOC(C)C1. The second-order valence-corrected chi connectivity index (χ2v) is 4.51. The van der Waals surface area contributed by atoms with Gasteiger partial charge in [0.15, 0.2) is 0 Å². The lowest BCUT2D eigenvalue weighted by atomic mass is 10.2. The molecule has 1 aromatic heterocycles. The van der Waals surface area contributed by atoms with E-state index in [1.807, 2.05) is 6.20 Å². The van der Waals surface area contributed by atoms with E-state index in [0.717, 1.165) is 31.1 Å². The molecular weight excluding hydrogens is 224 g/mol. The Morgan fingerprint density at radius 1 is 1.62 bits per heavy atom. The molecule has 0 bridgehead atoms. The van der Waals surface area contributed by atoms with E-state index in [0.29, 0.717) is 5.88 Å². The molecule has 1 aromatic rings. The first kappa shape index (κ1) is 11.7. The summed E-state index contributed by atoms with van der Waals surface area (Å²) in [7, 11) is 0. The first-order valence-electron chi connectivity index (χ1n) is 5.58. The van der Waals surface area contributed by atoms with Gasteiger partial charge in [-0.3, -0.25) is 0 Å². The average Bonchev–Trinajstić information content (AvgIpc) is 2.28. The summed E-state index contributed by atoms with van der Waals surface area (Å²) in [5.41, 5.74) is 2.26. The van der Waals surface area contributed by atoms with Gasteiger partial charge in [0.25, 0.3) is 0 Å². The van der Waals surface area contributed by atoms with Crippen molar-refractivity contribution in [1.29, 1.82) is 0 Å². The molecule has 0 saturated carbocycles. The number of ether oxygens (including phenoxy) is 1. The van der Waals surface area contributed by atoms with Crippen molar-refractivity contribution in [2.24, 2.45) is 0 Å². The summed E-state index contributed by atoms with van der Waals surface area (Å²) in [5, 5.41) is 0. The largest absolute Gasteiger partial charge is 0.375 e. The van der Waals surface area contributed by atoms with E-state index in [1.165, 1.54) is 5.56 Å². The third kappa shape index (κ3) is 2.47. The second kappa shape index (κ2) is 5.02. The van der Waals surface area contributed by atoms with Crippen LogP contribution in [0.1, 0.15) is 18.1 Å². The van der Waals surface area contributed by atoms with Gasteiger partial charge in [-0.1, -0.05) is 0 Å². The second-order valence-electron chi connectivity index (χ2n) is 4.25. The van der Waals surface area contributed by atoms with Gasteiger partial charge in [0.1, 0.15) is 5.82 Å². The molecule has 0 amide bonds. The summed E-state index contributed by atoms with van der Waals surface area (Å²) in [5.74, 6) is 1.58. The normalized spacial score (nSPS) is 21.2. The van der Waals surface area contributed by atoms with Gasteiger partial charge >= 0.3 is 0 Å². The molecule has 1 aliphatic heterocycles. The van der Waals surface area contributed by atoms with Crippen LogP contribution in [0.25, 0.3) is 0 Å². The van der Waals surface area contributed by atoms with Crippen molar-refractivity contribution in [1.82, 2.24) is 4.98 Å². The maximum Gasteiger partial charge on any atom is 0.131 e. The number of nitrogens with zero attached hydrogens (tertiary/aromatic N) is 2. The fourth-order valence-corrected chi connectivity index (χ4v) is 2.19. The van der Waals surface area contributed by atoms with Crippen molar-refractivity contribution < 1.29 is 4.74 Å². The predicted molar refractivity (Wildman–Crippen MR) is 66.2 cm³/mol. The third-order valence-corrected chi connectivity index (χ3v) is 3.11. The summed E-state index contributed by atoms with van der Waals surface area (Å²) < 4.78 is 5.52. The van der Waals surface area contributed by atoms with Crippen molar-refractivity contribution in [2.75, 3.05) is 24.6 Å². The number of pyridine rings is 1. The van der Waals surface area contributed by atoms with Crippen LogP contribution in [0.15, 0.2) is 12.3 Å². The number of rotatable bonds is 2. The number of aryl methyl sites for hydroxylation is 1. The molecule has 3 nitrogen and oxygen atoms in total. The van der Waals surface area contributed by atoms with Crippen LogP contribution in [0.3, 0.4) is 0 Å². The fraction of sp³-hybridized carbons (Fsp3) is 0.583. The highest BCUT2D eigenvalue weighted by atomic mass is 35.5. The van der Waals surface area contributed by atoms with E-state index < -0.39 is 0 Å². The minimum absolute atomic E-state index is 0.280. The number of alkyl halides is 1. The molecule has 0 N–H and O–H groups in total. The highest BCUT2D eigenvalue weighted by Crippen LogP contribution is 2.20. The smallest absolute Gasteiger partial charge is 0.131 e. The summed E-state index contributed by atoms with van der Waals surface area (Å²) in [4.78, 5) is 6.77. The molecule has 0 radical (unpaired) electrons. The van der Waals surface area contributed by atoms with Gasteiger partial charge < -0.3 is 9.64 Å². The third-order valence-electron chi connectivity index (χ3n) is 2.80. The van der Waals surface area contributed by atoms with Crippen LogP contribution < -0.4 is 4.90 Å². The molecule has 0 aromatic carbocycles. The first-order valence-corrected chi connectivity index (χ1v) is 6.12. The molecule has 2 heterocycles. The van der Waals surface area contributed by atoms with E-state index in [1.54, 1.807) is 0 Å². The molecule has 1 unspecified atom stereocenters. The Kier molecular flexibility index (Phi) is 3.66.